The molecule has 0 bridgehead atoms. The van der Waals surface area contributed by atoms with Crippen LogP contribution in [0.1, 0.15) is 36.0 Å². The summed E-state index contributed by atoms with van der Waals surface area (Å²) in [5, 5.41) is 10.5. The summed E-state index contributed by atoms with van der Waals surface area (Å²) in [5.74, 6) is 0.644. The lowest BCUT2D eigenvalue weighted by Crippen LogP contribution is -2.12. The van der Waals surface area contributed by atoms with E-state index in [1.165, 1.54) is 0 Å². The minimum absolute atomic E-state index is 0.0616. The third-order valence-corrected chi connectivity index (χ3v) is 3.34. The molecule has 2 aromatic carbocycles. The Hall–Kier alpha value is -3.15. The number of hydrogen-bond donors (Lipinski definition) is 1. The average Bonchev–Trinajstić information content (AvgIpc) is 3.06. The standard InChI is InChI=1S/C19H19N3O3/c1-13(2)24-16-10-8-15(9-11-16)20-18(23)19-22-21-17(25-19)12-14-6-4-3-5-7-14/h3-11,13H,12H2,1-2H3,(H,20,23). The van der Waals surface area contributed by atoms with Gasteiger partial charge in [-0.25, -0.2) is 0 Å². The molecule has 1 amide bonds. The van der Waals surface area contributed by atoms with Crippen LogP contribution in [0.5, 0.6) is 5.75 Å². The Morgan fingerprint density at radius 3 is 2.48 bits per heavy atom. The van der Waals surface area contributed by atoms with E-state index in [2.05, 4.69) is 15.5 Å². The molecule has 0 fully saturated rings. The van der Waals surface area contributed by atoms with Gasteiger partial charge in [-0.1, -0.05) is 30.3 Å². The molecular weight excluding hydrogens is 318 g/mol. The summed E-state index contributed by atoms with van der Waals surface area (Å²) < 4.78 is 11.0. The number of hydrogen-bond acceptors (Lipinski definition) is 5. The number of nitrogens with zero attached hydrogens (tertiary/aromatic N) is 2. The zero-order valence-electron chi connectivity index (χ0n) is 14.1. The molecule has 0 atom stereocenters. The Morgan fingerprint density at radius 2 is 1.80 bits per heavy atom. The monoisotopic (exact) mass is 337 g/mol. The molecule has 6 nitrogen and oxygen atoms in total. The number of ether oxygens (including phenoxy) is 1. The van der Waals surface area contributed by atoms with Gasteiger partial charge in [0.2, 0.25) is 5.89 Å². The first kappa shape index (κ1) is 16.7. The maximum atomic E-state index is 12.2. The molecule has 0 radical (unpaired) electrons. The van der Waals surface area contributed by atoms with Crippen molar-refractivity contribution in [1.82, 2.24) is 10.2 Å². The van der Waals surface area contributed by atoms with Gasteiger partial charge in [0.05, 0.1) is 12.5 Å². The summed E-state index contributed by atoms with van der Waals surface area (Å²) in [4.78, 5) is 12.2. The molecule has 6 heteroatoms. The van der Waals surface area contributed by atoms with Crippen LogP contribution in [-0.4, -0.2) is 22.2 Å². The van der Waals surface area contributed by atoms with Crippen molar-refractivity contribution in [1.29, 1.82) is 0 Å². The number of carbonyl (C=O) groups is 1. The van der Waals surface area contributed by atoms with E-state index < -0.39 is 5.91 Å². The lowest BCUT2D eigenvalue weighted by Gasteiger charge is -2.10. The van der Waals surface area contributed by atoms with E-state index in [1.54, 1.807) is 24.3 Å². The fourth-order valence-electron chi connectivity index (χ4n) is 2.26. The molecule has 128 valence electrons. The van der Waals surface area contributed by atoms with Crippen LogP contribution in [-0.2, 0) is 6.42 Å². The number of rotatable bonds is 6. The maximum Gasteiger partial charge on any atom is 0.313 e. The molecule has 0 aliphatic carbocycles. The van der Waals surface area contributed by atoms with Crippen LogP contribution >= 0.6 is 0 Å². The molecule has 0 unspecified atom stereocenters. The van der Waals surface area contributed by atoms with Crippen LogP contribution in [0.25, 0.3) is 0 Å². The summed E-state index contributed by atoms with van der Waals surface area (Å²) in [6.45, 7) is 3.91. The van der Waals surface area contributed by atoms with Crippen LogP contribution in [0.15, 0.2) is 59.0 Å². The first-order valence-corrected chi connectivity index (χ1v) is 8.04. The second-order valence-corrected chi connectivity index (χ2v) is 5.81. The van der Waals surface area contributed by atoms with E-state index in [0.29, 0.717) is 18.0 Å². The van der Waals surface area contributed by atoms with Gasteiger partial charge < -0.3 is 14.5 Å². The molecule has 3 rings (SSSR count). The van der Waals surface area contributed by atoms with Crippen LogP contribution in [0.3, 0.4) is 0 Å². The summed E-state index contributed by atoms with van der Waals surface area (Å²) >= 11 is 0. The molecule has 0 saturated heterocycles. The normalized spacial score (nSPS) is 10.7. The Kier molecular flexibility index (Phi) is 5.09. The molecule has 0 spiro atoms. The third kappa shape index (κ3) is 4.67. The van der Waals surface area contributed by atoms with Crippen molar-refractivity contribution in [2.45, 2.75) is 26.4 Å². The van der Waals surface area contributed by atoms with Crippen molar-refractivity contribution in [3.05, 3.63) is 71.9 Å². The summed E-state index contributed by atoms with van der Waals surface area (Å²) in [6.07, 6.45) is 0.587. The van der Waals surface area contributed by atoms with Gasteiger partial charge in [-0.15, -0.1) is 10.2 Å². The molecule has 3 aromatic rings. The van der Waals surface area contributed by atoms with Crippen molar-refractivity contribution >= 4 is 11.6 Å². The van der Waals surface area contributed by atoms with E-state index in [-0.39, 0.29) is 12.0 Å². The minimum atomic E-state index is -0.440. The number of anilines is 1. The Morgan fingerprint density at radius 1 is 1.08 bits per heavy atom. The summed E-state index contributed by atoms with van der Waals surface area (Å²) in [6, 6.07) is 16.9. The van der Waals surface area contributed by atoms with Gasteiger partial charge in [-0.05, 0) is 43.7 Å². The summed E-state index contributed by atoms with van der Waals surface area (Å²) in [7, 11) is 0. The Labute approximate surface area is 145 Å². The smallest absolute Gasteiger partial charge is 0.313 e. The minimum Gasteiger partial charge on any atom is -0.491 e. The molecular formula is C19H19N3O3. The van der Waals surface area contributed by atoms with Gasteiger partial charge in [-0.3, -0.25) is 4.79 Å². The highest BCUT2D eigenvalue weighted by Gasteiger charge is 2.15. The lowest BCUT2D eigenvalue weighted by molar-refractivity contribution is 0.0988. The summed E-state index contributed by atoms with van der Waals surface area (Å²) in [5.41, 5.74) is 1.67. The van der Waals surface area contributed by atoms with E-state index in [1.807, 2.05) is 44.2 Å². The zero-order chi connectivity index (χ0) is 17.6. The van der Waals surface area contributed by atoms with Crippen molar-refractivity contribution in [3.63, 3.8) is 0 Å². The Balaban J connectivity index is 1.62. The van der Waals surface area contributed by atoms with Crippen LogP contribution in [0, 0.1) is 0 Å². The maximum absolute atomic E-state index is 12.2. The molecule has 0 aliphatic heterocycles. The highest BCUT2D eigenvalue weighted by Crippen LogP contribution is 2.17. The van der Waals surface area contributed by atoms with Gasteiger partial charge >= 0.3 is 11.8 Å². The van der Waals surface area contributed by atoms with Crippen LogP contribution in [0.2, 0.25) is 0 Å². The topological polar surface area (TPSA) is 77.2 Å². The predicted molar refractivity (Wildman–Crippen MR) is 93.7 cm³/mol. The fourth-order valence-corrected chi connectivity index (χ4v) is 2.26. The number of benzene rings is 2. The highest BCUT2D eigenvalue weighted by molar-refractivity contribution is 6.00. The molecule has 0 saturated carbocycles. The molecule has 1 heterocycles. The van der Waals surface area contributed by atoms with E-state index >= 15 is 0 Å². The largest absolute Gasteiger partial charge is 0.491 e. The van der Waals surface area contributed by atoms with E-state index in [0.717, 1.165) is 11.3 Å². The average molecular weight is 337 g/mol. The van der Waals surface area contributed by atoms with Gasteiger partial charge in [0.15, 0.2) is 0 Å². The fraction of sp³-hybridized carbons (Fsp3) is 0.211. The Bertz CT molecular complexity index is 827. The third-order valence-electron chi connectivity index (χ3n) is 3.34. The van der Waals surface area contributed by atoms with Crippen molar-refractivity contribution in [2.75, 3.05) is 5.32 Å². The number of carbonyl (C=O) groups excluding carboxylic acids is 1. The zero-order valence-corrected chi connectivity index (χ0v) is 14.1. The van der Waals surface area contributed by atoms with Crippen LogP contribution < -0.4 is 10.1 Å². The number of nitrogens with one attached hydrogen (secondary N) is 1. The van der Waals surface area contributed by atoms with Gasteiger partial charge in [0, 0.05) is 5.69 Å². The SMILES string of the molecule is CC(C)Oc1ccc(NC(=O)c2nnc(Cc3ccccc3)o2)cc1. The van der Waals surface area contributed by atoms with Gasteiger partial charge in [0.1, 0.15) is 5.75 Å². The number of amides is 1. The second kappa shape index (κ2) is 7.61. The molecule has 1 aromatic heterocycles. The lowest BCUT2D eigenvalue weighted by atomic mass is 10.2. The second-order valence-electron chi connectivity index (χ2n) is 5.81. The first-order valence-electron chi connectivity index (χ1n) is 8.04. The quantitative estimate of drug-likeness (QED) is 0.742. The van der Waals surface area contributed by atoms with Gasteiger partial charge in [-0.2, -0.15) is 0 Å². The van der Waals surface area contributed by atoms with Crippen molar-refractivity contribution < 1.29 is 13.9 Å². The molecule has 0 aliphatic rings. The van der Waals surface area contributed by atoms with E-state index in [4.69, 9.17) is 9.15 Å². The first-order chi connectivity index (χ1) is 12.1. The molecule has 25 heavy (non-hydrogen) atoms. The van der Waals surface area contributed by atoms with Gasteiger partial charge in [0.25, 0.3) is 0 Å². The van der Waals surface area contributed by atoms with Crippen molar-refractivity contribution in [3.8, 4) is 5.75 Å². The van der Waals surface area contributed by atoms with Crippen LogP contribution in [0.4, 0.5) is 5.69 Å². The van der Waals surface area contributed by atoms with E-state index in [9.17, 15) is 4.79 Å². The molecule has 1 N–H and O–H groups in total. The highest BCUT2D eigenvalue weighted by atomic mass is 16.5. The predicted octanol–water partition coefficient (Wildman–Crippen LogP) is 3.70. The number of aromatic nitrogens is 2. The van der Waals surface area contributed by atoms with Crippen molar-refractivity contribution in [2.24, 2.45) is 0 Å².